The van der Waals surface area contributed by atoms with Crippen LogP contribution in [-0.2, 0) is 12.5 Å². The van der Waals surface area contributed by atoms with Gasteiger partial charge in [-0.1, -0.05) is 68.3 Å². The molecule has 7 aromatic rings. The summed E-state index contributed by atoms with van der Waals surface area (Å²) >= 11 is 0. The monoisotopic (exact) mass is 533 g/mol. The van der Waals surface area contributed by atoms with Crippen molar-refractivity contribution in [2.45, 2.75) is 47.0 Å². The summed E-state index contributed by atoms with van der Waals surface area (Å²) in [6.07, 6.45) is 2.21. The van der Waals surface area contributed by atoms with Gasteiger partial charge in [0.25, 0.3) is 0 Å². The van der Waals surface area contributed by atoms with Crippen LogP contribution in [0.15, 0.2) is 97.2 Å². The van der Waals surface area contributed by atoms with E-state index in [-0.39, 0.29) is 5.41 Å². The molecule has 7 rings (SSSR count). The Labute approximate surface area is 242 Å². The van der Waals surface area contributed by atoms with E-state index in [1.165, 1.54) is 82.5 Å². The predicted molar refractivity (Wildman–Crippen MR) is 175 cm³/mol. The largest absolute Gasteiger partial charge is 0.309 e. The van der Waals surface area contributed by atoms with Crippen molar-refractivity contribution >= 4 is 43.4 Å². The Morgan fingerprint density at radius 1 is 0.610 bits per heavy atom. The van der Waals surface area contributed by atoms with Gasteiger partial charge in [0.15, 0.2) is 6.20 Å². The summed E-state index contributed by atoms with van der Waals surface area (Å²) in [5, 5.41) is 7.82. The third-order valence-electron chi connectivity index (χ3n) is 8.83. The van der Waals surface area contributed by atoms with Crippen LogP contribution in [0.2, 0.25) is 0 Å². The second-order valence-electron chi connectivity index (χ2n) is 12.8. The van der Waals surface area contributed by atoms with Gasteiger partial charge >= 0.3 is 0 Å². The van der Waals surface area contributed by atoms with Crippen molar-refractivity contribution in [1.82, 2.24) is 4.57 Å². The van der Waals surface area contributed by atoms with Crippen LogP contribution in [0.25, 0.3) is 60.3 Å². The van der Waals surface area contributed by atoms with Gasteiger partial charge in [-0.3, -0.25) is 0 Å². The number of hydrogen-bond donors (Lipinski definition) is 0. The van der Waals surface area contributed by atoms with Gasteiger partial charge in [-0.05, 0) is 102 Å². The summed E-state index contributed by atoms with van der Waals surface area (Å²) in [4.78, 5) is 0. The Balaban J connectivity index is 1.51. The van der Waals surface area contributed by atoms with E-state index < -0.39 is 0 Å². The highest BCUT2D eigenvalue weighted by molar-refractivity contribution is 6.10. The number of aromatic nitrogens is 2. The fraction of sp³-hybridized carbons (Fsp3) is 0.205. The molecule has 0 amide bonds. The van der Waals surface area contributed by atoms with Gasteiger partial charge in [-0.25, -0.2) is 4.57 Å². The molecule has 0 N–H and O–H groups in total. The minimum Gasteiger partial charge on any atom is -0.309 e. The van der Waals surface area contributed by atoms with Gasteiger partial charge < -0.3 is 4.57 Å². The van der Waals surface area contributed by atoms with Crippen molar-refractivity contribution in [3.63, 3.8) is 0 Å². The number of aryl methyl sites for hydroxylation is 4. The first-order chi connectivity index (χ1) is 19.6. The van der Waals surface area contributed by atoms with Crippen LogP contribution in [0.3, 0.4) is 0 Å². The maximum Gasteiger partial charge on any atom is 0.220 e. The highest BCUT2D eigenvalue weighted by Crippen LogP contribution is 2.40. The van der Waals surface area contributed by atoms with Gasteiger partial charge in [-0.15, -0.1) is 0 Å². The number of pyridine rings is 1. The Hall–Kier alpha value is -4.43. The molecule has 0 fully saturated rings. The van der Waals surface area contributed by atoms with Crippen molar-refractivity contribution in [3.8, 4) is 16.9 Å². The van der Waals surface area contributed by atoms with E-state index in [9.17, 15) is 0 Å². The molecule has 0 bridgehead atoms. The van der Waals surface area contributed by atoms with E-state index in [1.54, 1.807) is 0 Å². The number of nitrogens with zero attached hydrogens (tertiary/aromatic N) is 2. The number of fused-ring (bicyclic) bond motifs is 5. The average molecular weight is 534 g/mol. The van der Waals surface area contributed by atoms with E-state index in [0.717, 1.165) is 0 Å². The molecule has 2 heteroatoms. The van der Waals surface area contributed by atoms with E-state index >= 15 is 0 Å². The van der Waals surface area contributed by atoms with E-state index in [4.69, 9.17) is 0 Å². The summed E-state index contributed by atoms with van der Waals surface area (Å²) in [7, 11) is 2.17. The summed E-state index contributed by atoms with van der Waals surface area (Å²) in [6.45, 7) is 13.6. The number of benzene rings is 5. The minimum atomic E-state index is 0.0334. The smallest absolute Gasteiger partial charge is 0.220 e. The van der Waals surface area contributed by atoms with Crippen LogP contribution in [0.1, 0.15) is 43.0 Å². The Morgan fingerprint density at radius 3 is 1.88 bits per heavy atom. The highest BCUT2D eigenvalue weighted by Gasteiger charge is 2.25. The van der Waals surface area contributed by atoms with Crippen molar-refractivity contribution in [1.29, 1.82) is 0 Å². The molecule has 0 atom stereocenters. The molecule has 41 heavy (non-hydrogen) atoms. The second-order valence-corrected chi connectivity index (χ2v) is 12.8. The molecule has 2 nitrogen and oxygen atoms in total. The van der Waals surface area contributed by atoms with Crippen molar-refractivity contribution in [2.75, 3.05) is 0 Å². The Bertz CT molecular complexity index is 2110. The lowest BCUT2D eigenvalue weighted by atomic mass is 9.80. The van der Waals surface area contributed by atoms with Gasteiger partial charge in [0, 0.05) is 22.5 Å². The first-order valence-corrected chi connectivity index (χ1v) is 14.6. The molecule has 0 spiro atoms. The third-order valence-corrected chi connectivity index (χ3v) is 8.83. The average Bonchev–Trinajstić information content (AvgIpc) is 3.25. The van der Waals surface area contributed by atoms with E-state index in [2.05, 4.69) is 155 Å². The zero-order valence-electron chi connectivity index (χ0n) is 25.1. The summed E-state index contributed by atoms with van der Waals surface area (Å²) in [5.74, 6) is 0. The number of rotatable bonds is 2. The highest BCUT2D eigenvalue weighted by atomic mass is 15.0. The molecule has 0 aliphatic heterocycles. The topological polar surface area (TPSA) is 8.81 Å². The maximum atomic E-state index is 2.44. The molecular formula is C39H37N2+. The van der Waals surface area contributed by atoms with Crippen molar-refractivity contribution < 1.29 is 4.57 Å². The molecule has 0 saturated heterocycles. The molecule has 202 valence electrons. The summed E-state index contributed by atoms with van der Waals surface area (Å²) in [5.41, 5.74) is 11.6. The lowest BCUT2D eigenvalue weighted by Gasteiger charge is -2.24. The maximum absolute atomic E-state index is 2.44. The molecule has 0 radical (unpaired) electrons. The van der Waals surface area contributed by atoms with Crippen LogP contribution >= 0.6 is 0 Å². The van der Waals surface area contributed by atoms with Crippen molar-refractivity contribution in [2.24, 2.45) is 7.05 Å². The lowest BCUT2D eigenvalue weighted by molar-refractivity contribution is -0.659. The molecule has 0 aliphatic carbocycles. The molecule has 2 aromatic heterocycles. The first kappa shape index (κ1) is 25.5. The minimum absolute atomic E-state index is 0.0334. The Kier molecular flexibility index (Phi) is 5.63. The van der Waals surface area contributed by atoms with Crippen molar-refractivity contribution in [3.05, 3.63) is 119 Å². The van der Waals surface area contributed by atoms with E-state index in [1.807, 2.05) is 0 Å². The van der Waals surface area contributed by atoms with Gasteiger partial charge in [-0.2, -0.15) is 0 Å². The zero-order chi connectivity index (χ0) is 28.6. The summed E-state index contributed by atoms with van der Waals surface area (Å²) < 4.78 is 4.71. The standard InChI is InChI=1S/C39H37N2/c1-24-12-16-36-33(20-24)34-21-25(2)13-17-37(34)41(36)28-14-15-30-27(22-28)18-19-40(7)38(30)32-23-35(39(4,5)6)31-11-9-8-10-29(31)26(32)3/h8-23H,1-7H3/q+1. The normalized spacial score (nSPS) is 12.3. The van der Waals surface area contributed by atoms with Crippen LogP contribution in [0.4, 0.5) is 0 Å². The van der Waals surface area contributed by atoms with Gasteiger partial charge in [0.2, 0.25) is 5.69 Å². The first-order valence-electron chi connectivity index (χ1n) is 14.6. The third kappa shape index (κ3) is 3.96. The molecule has 0 saturated carbocycles. The number of hydrogen-bond acceptors (Lipinski definition) is 0. The van der Waals surface area contributed by atoms with Gasteiger partial charge in [0.05, 0.1) is 22.0 Å². The fourth-order valence-corrected chi connectivity index (χ4v) is 6.75. The van der Waals surface area contributed by atoms with Crippen LogP contribution < -0.4 is 4.57 Å². The van der Waals surface area contributed by atoms with Crippen LogP contribution in [-0.4, -0.2) is 4.57 Å². The van der Waals surface area contributed by atoms with Crippen LogP contribution in [0, 0.1) is 20.8 Å². The molecular weight excluding hydrogens is 496 g/mol. The molecule has 0 aliphatic rings. The second kappa shape index (κ2) is 9.04. The fourth-order valence-electron chi connectivity index (χ4n) is 6.75. The SMILES string of the molecule is Cc1ccc2c(c1)c1cc(C)ccc1n2-c1ccc2c(-c3cc(C(C)(C)C)c4ccccc4c3C)[n+](C)ccc2c1. The zero-order valence-corrected chi connectivity index (χ0v) is 25.1. The molecule has 0 unspecified atom stereocenters. The molecule has 5 aromatic carbocycles. The predicted octanol–water partition coefficient (Wildman–Crippen LogP) is 9.80. The quantitative estimate of drug-likeness (QED) is 0.196. The molecule has 2 heterocycles. The van der Waals surface area contributed by atoms with E-state index in [0.29, 0.717) is 0 Å². The summed E-state index contributed by atoms with van der Waals surface area (Å²) in [6, 6.07) is 34.2. The van der Waals surface area contributed by atoms with Gasteiger partial charge in [0.1, 0.15) is 7.05 Å². The lowest BCUT2D eigenvalue weighted by Crippen LogP contribution is -2.31. The van der Waals surface area contributed by atoms with Crippen LogP contribution in [0.5, 0.6) is 0 Å². The Morgan fingerprint density at radius 2 is 1.24 bits per heavy atom.